The molecule has 0 bridgehead atoms. The lowest BCUT2D eigenvalue weighted by Gasteiger charge is -2.35. The molecule has 1 aliphatic heterocycles. The van der Waals surface area contributed by atoms with Crippen molar-refractivity contribution >= 4 is 61.4 Å². The van der Waals surface area contributed by atoms with Crippen molar-refractivity contribution < 1.29 is 4.79 Å². The fourth-order valence-corrected chi connectivity index (χ4v) is 6.81. The fourth-order valence-electron chi connectivity index (χ4n) is 5.87. The van der Waals surface area contributed by atoms with Crippen LogP contribution < -0.4 is 15.5 Å². The van der Waals surface area contributed by atoms with Crippen LogP contribution in [0.1, 0.15) is 34.4 Å². The summed E-state index contributed by atoms with van der Waals surface area (Å²) >= 11 is 1.43. The third-order valence-electron chi connectivity index (χ3n) is 8.24. The van der Waals surface area contributed by atoms with Gasteiger partial charge in [0.05, 0.1) is 56.8 Å². The number of aromatic nitrogens is 6. The molecular formula is C33H34N10OS. The molecule has 5 aromatic heterocycles. The first-order chi connectivity index (χ1) is 22.0. The highest BCUT2D eigenvalue weighted by Gasteiger charge is 2.20. The average Bonchev–Trinajstić information content (AvgIpc) is 3.64. The largest absolute Gasteiger partial charge is 0.368 e. The molecule has 12 heteroatoms. The molecule has 1 aliphatic rings. The molecule has 0 unspecified atom stereocenters. The lowest BCUT2D eigenvalue weighted by atomic mass is 10.1. The number of likely N-dealkylation sites (N-methyl/N-ethyl adjacent to an activating group) is 1. The zero-order valence-electron chi connectivity index (χ0n) is 25.5. The third kappa shape index (κ3) is 5.81. The van der Waals surface area contributed by atoms with Gasteiger partial charge in [-0.25, -0.2) is 15.0 Å². The number of anilines is 4. The smallest absolute Gasteiger partial charge is 0.258 e. The van der Waals surface area contributed by atoms with Gasteiger partial charge in [-0.1, -0.05) is 19.1 Å². The van der Waals surface area contributed by atoms with Crippen LogP contribution in [0.5, 0.6) is 0 Å². The minimum Gasteiger partial charge on any atom is -0.368 e. The van der Waals surface area contributed by atoms with Crippen LogP contribution in [0, 0.1) is 13.8 Å². The highest BCUT2D eigenvalue weighted by Crippen LogP contribution is 2.33. The van der Waals surface area contributed by atoms with E-state index in [1.807, 2.05) is 72.6 Å². The van der Waals surface area contributed by atoms with Crippen molar-refractivity contribution in [1.82, 2.24) is 34.6 Å². The second-order valence-electron chi connectivity index (χ2n) is 11.2. The Kier molecular flexibility index (Phi) is 7.82. The summed E-state index contributed by atoms with van der Waals surface area (Å²) in [5.74, 6) is 1.06. The first-order valence-corrected chi connectivity index (χ1v) is 16.0. The van der Waals surface area contributed by atoms with Gasteiger partial charge in [-0.05, 0) is 56.8 Å². The molecule has 1 fully saturated rings. The van der Waals surface area contributed by atoms with Gasteiger partial charge in [-0.2, -0.15) is 5.10 Å². The number of hydrogen-bond acceptors (Lipinski definition) is 10. The maximum Gasteiger partial charge on any atom is 0.258 e. The predicted octanol–water partition coefficient (Wildman–Crippen LogP) is 5.63. The topological polar surface area (TPSA) is 117 Å². The van der Waals surface area contributed by atoms with Crippen molar-refractivity contribution in [2.75, 3.05) is 48.3 Å². The summed E-state index contributed by atoms with van der Waals surface area (Å²) < 4.78 is 2.72. The Morgan fingerprint density at radius 2 is 1.82 bits per heavy atom. The van der Waals surface area contributed by atoms with E-state index in [1.54, 1.807) is 0 Å². The molecule has 45 heavy (non-hydrogen) atoms. The number of nitrogens with zero attached hydrogens (tertiary/aromatic N) is 8. The second-order valence-corrected chi connectivity index (χ2v) is 12.0. The van der Waals surface area contributed by atoms with Crippen molar-refractivity contribution in [3.8, 4) is 0 Å². The normalized spacial score (nSPS) is 13.9. The van der Waals surface area contributed by atoms with Gasteiger partial charge in [0.15, 0.2) is 5.82 Å². The van der Waals surface area contributed by atoms with Crippen LogP contribution in [0.15, 0.2) is 66.4 Å². The zero-order chi connectivity index (χ0) is 30.9. The molecule has 1 aromatic carbocycles. The van der Waals surface area contributed by atoms with E-state index in [4.69, 9.17) is 5.10 Å². The monoisotopic (exact) mass is 618 g/mol. The Morgan fingerprint density at radius 3 is 2.60 bits per heavy atom. The highest BCUT2D eigenvalue weighted by molar-refractivity contribution is 7.18. The van der Waals surface area contributed by atoms with Gasteiger partial charge in [0.2, 0.25) is 0 Å². The third-order valence-corrected chi connectivity index (χ3v) is 9.21. The Morgan fingerprint density at radius 1 is 0.978 bits per heavy atom. The number of amides is 1. The standard InChI is InChI=1S/C33H34N10OS/c1-4-41-13-15-42(16-14-41)24-11-12-28(34-17-24)39-32-31-30(35-20-36-32)25(19-45-31)33(44)38-26-9-6-10-27-29(26)22(3)40-43(27)18-23-8-5-7-21(2)37-23/h5-12,17,19-20H,4,13-16,18H2,1-3H3,(H,38,44)(H,34,35,36,39). The molecule has 0 aliphatic carbocycles. The molecule has 1 saturated heterocycles. The van der Waals surface area contributed by atoms with Crippen molar-refractivity contribution in [1.29, 1.82) is 0 Å². The number of piperazine rings is 1. The van der Waals surface area contributed by atoms with Crippen molar-refractivity contribution in [3.63, 3.8) is 0 Å². The maximum absolute atomic E-state index is 13.6. The summed E-state index contributed by atoms with van der Waals surface area (Å²) in [6.45, 7) is 11.9. The number of hydrogen-bond donors (Lipinski definition) is 2. The molecule has 2 N–H and O–H groups in total. The van der Waals surface area contributed by atoms with E-state index in [-0.39, 0.29) is 5.91 Å². The number of aryl methyl sites for hydroxylation is 2. The molecule has 0 saturated carbocycles. The molecule has 7 rings (SSSR count). The van der Waals surface area contributed by atoms with E-state index in [1.165, 1.54) is 17.7 Å². The minimum absolute atomic E-state index is 0.239. The Bertz CT molecular complexity index is 1990. The first-order valence-electron chi connectivity index (χ1n) is 15.1. The summed E-state index contributed by atoms with van der Waals surface area (Å²) in [6.07, 6.45) is 3.38. The molecule has 1 amide bonds. The van der Waals surface area contributed by atoms with E-state index in [9.17, 15) is 4.79 Å². The van der Waals surface area contributed by atoms with E-state index >= 15 is 0 Å². The Labute approximate surface area is 265 Å². The van der Waals surface area contributed by atoms with Crippen LogP contribution in [0.2, 0.25) is 0 Å². The number of thiophene rings is 1. The van der Waals surface area contributed by atoms with E-state index in [2.05, 4.69) is 53.4 Å². The minimum atomic E-state index is -0.239. The van der Waals surface area contributed by atoms with Crippen molar-refractivity contribution in [2.24, 2.45) is 0 Å². The predicted molar refractivity (Wildman–Crippen MR) is 180 cm³/mol. The number of rotatable bonds is 8. The quantitative estimate of drug-likeness (QED) is 0.224. The first kappa shape index (κ1) is 28.8. The van der Waals surface area contributed by atoms with E-state index < -0.39 is 0 Å². The number of carbonyl (C=O) groups is 1. The van der Waals surface area contributed by atoms with Crippen LogP contribution in [0.4, 0.5) is 23.0 Å². The van der Waals surface area contributed by atoms with Crippen LogP contribution in [-0.2, 0) is 6.54 Å². The lowest BCUT2D eigenvalue weighted by Crippen LogP contribution is -2.46. The molecule has 0 spiro atoms. The number of carbonyl (C=O) groups excluding carboxylic acids is 1. The summed E-state index contributed by atoms with van der Waals surface area (Å²) in [5.41, 5.74) is 6.54. The fraction of sp³-hybridized carbons (Fsp3) is 0.273. The van der Waals surface area contributed by atoms with E-state index in [0.29, 0.717) is 34.9 Å². The molecule has 0 radical (unpaired) electrons. The van der Waals surface area contributed by atoms with Gasteiger partial charge in [-0.3, -0.25) is 14.5 Å². The molecule has 6 heterocycles. The lowest BCUT2D eigenvalue weighted by molar-refractivity contribution is 0.102. The SMILES string of the molecule is CCN1CCN(c2ccc(Nc3ncnc4c(C(=O)Nc5cccc6c5c(C)nn6Cc5cccc(C)n5)csc34)nc2)CC1. The van der Waals surface area contributed by atoms with Gasteiger partial charge in [0.1, 0.15) is 12.1 Å². The maximum atomic E-state index is 13.6. The van der Waals surface area contributed by atoms with Gasteiger partial charge in [0, 0.05) is 42.6 Å². The Hall–Kier alpha value is -4.94. The van der Waals surface area contributed by atoms with Crippen LogP contribution >= 0.6 is 11.3 Å². The average molecular weight is 619 g/mol. The highest BCUT2D eigenvalue weighted by atomic mass is 32.1. The molecule has 11 nitrogen and oxygen atoms in total. The second kappa shape index (κ2) is 12.2. The van der Waals surface area contributed by atoms with Crippen LogP contribution in [0.3, 0.4) is 0 Å². The molecule has 0 atom stereocenters. The summed E-state index contributed by atoms with van der Waals surface area (Å²) in [6, 6.07) is 15.9. The van der Waals surface area contributed by atoms with Crippen LogP contribution in [-0.4, -0.2) is 73.2 Å². The molecule has 228 valence electrons. The summed E-state index contributed by atoms with van der Waals surface area (Å²) in [5, 5.41) is 13.9. The summed E-state index contributed by atoms with van der Waals surface area (Å²) in [7, 11) is 0. The van der Waals surface area contributed by atoms with Crippen molar-refractivity contribution in [2.45, 2.75) is 27.3 Å². The Balaban J connectivity index is 1.09. The van der Waals surface area contributed by atoms with E-state index in [0.717, 1.165) is 71.1 Å². The number of pyridine rings is 2. The number of benzene rings is 1. The van der Waals surface area contributed by atoms with Crippen LogP contribution in [0.25, 0.3) is 21.1 Å². The van der Waals surface area contributed by atoms with Crippen molar-refractivity contribution in [3.05, 3.63) is 89.1 Å². The molecule has 6 aromatic rings. The zero-order valence-corrected chi connectivity index (χ0v) is 26.3. The summed E-state index contributed by atoms with van der Waals surface area (Å²) in [4.78, 5) is 36.7. The number of nitrogens with one attached hydrogen (secondary N) is 2. The van der Waals surface area contributed by atoms with Gasteiger partial charge < -0.3 is 20.4 Å². The van der Waals surface area contributed by atoms with Gasteiger partial charge >= 0.3 is 0 Å². The van der Waals surface area contributed by atoms with Gasteiger partial charge in [-0.15, -0.1) is 11.3 Å². The number of fused-ring (bicyclic) bond motifs is 2. The van der Waals surface area contributed by atoms with Gasteiger partial charge in [0.25, 0.3) is 5.91 Å². The molecular weight excluding hydrogens is 584 g/mol.